The van der Waals surface area contributed by atoms with Gasteiger partial charge in [-0.15, -0.1) is 0 Å². The van der Waals surface area contributed by atoms with E-state index in [1.54, 1.807) is 35.7 Å². The van der Waals surface area contributed by atoms with Crippen LogP contribution in [0.5, 0.6) is 0 Å². The summed E-state index contributed by atoms with van der Waals surface area (Å²) >= 11 is 12.8. The maximum Gasteiger partial charge on any atom is 0.298 e. The topological polar surface area (TPSA) is 54.3 Å². The summed E-state index contributed by atoms with van der Waals surface area (Å²) in [6, 6.07) is 13.0. The molecular weight excluding hydrogens is 421 g/mol. The van der Waals surface area contributed by atoms with Crippen molar-refractivity contribution in [1.82, 2.24) is 9.47 Å². The number of nitrogens with zero attached hydrogens (tertiary/aromatic N) is 2. The van der Waals surface area contributed by atoms with Gasteiger partial charge in [-0.1, -0.05) is 47.3 Å². The van der Waals surface area contributed by atoms with E-state index in [2.05, 4.69) is 17.2 Å². The lowest BCUT2D eigenvalue weighted by Crippen LogP contribution is -2.65. The highest BCUT2D eigenvalue weighted by atomic mass is 35.5. The molecule has 3 aromatic rings. The summed E-state index contributed by atoms with van der Waals surface area (Å²) in [4.78, 5) is 26.4. The Balaban J connectivity index is 1.76. The van der Waals surface area contributed by atoms with Gasteiger partial charge in [-0.25, -0.2) is 0 Å². The molecule has 1 aromatic heterocycles. The number of rotatable bonds is 3. The molecule has 0 bridgehead atoms. The largest absolute Gasteiger partial charge is 0.372 e. The molecule has 1 amide bonds. The molecule has 1 N–H and O–H groups in total. The van der Waals surface area contributed by atoms with E-state index >= 15 is 0 Å². The highest BCUT2D eigenvalue weighted by Crippen LogP contribution is 2.41. The number of amides is 1. The van der Waals surface area contributed by atoms with Gasteiger partial charge in [-0.2, -0.15) is 0 Å². The second-order valence-electron chi connectivity index (χ2n) is 7.38. The number of carbonyl (C=O) groups is 1. The zero-order valence-electron chi connectivity index (χ0n) is 16.5. The summed E-state index contributed by atoms with van der Waals surface area (Å²) in [5.41, 5.74) is 0.845. The fraction of sp³-hybridized carbons (Fsp3) is 0.217. The second kappa shape index (κ2) is 7.71. The Morgan fingerprint density at radius 3 is 2.67 bits per heavy atom. The van der Waals surface area contributed by atoms with E-state index in [0.29, 0.717) is 28.5 Å². The van der Waals surface area contributed by atoms with Gasteiger partial charge in [0.2, 0.25) is 0 Å². The number of benzene rings is 2. The molecule has 2 heterocycles. The fourth-order valence-electron chi connectivity index (χ4n) is 3.82. The van der Waals surface area contributed by atoms with E-state index in [4.69, 9.17) is 23.2 Å². The standard InChI is InChI=1S/C23H19Cl2N3O2/c1-3-5-20(29)28-13-23(14-28,18-6-4-7-19(24)21(18)25)26-16-9-8-15-10-11-27(2)22(30)17(15)12-16/h4,6-12,26H,13-14H2,1-2H3. The lowest BCUT2D eigenvalue weighted by molar-refractivity contribution is -0.131. The molecule has 1 aliphatic heterocycles. The van der Waals surface area contributed by atoms with E-state index < -0.39 is 5.54 Å². The van der Waals surface area contributed by atoms with Gasteiger partial charge >= 0.3 is 0 Å². The third-order valence-corrected chi connectivity index (χ3v) is 6.19. The van der Waals surface area contributed by atoms with Gasteiger partial charge < -0.3 is 14.8 Å². The van der Waals surface area contributed by atoms with Gasteiger partial charge in [0.1, 0.15) is 0 Å². The minimum atomic E-state index is -0.638. The molecule has 4 rings (SSSR count). The summed E-state index contributed by atoms with van der Waals surface area (Å²) in [5.74, 6) is 4.97. The normalized spacial score (nSPS) is 14.6. The lowest BCUT2D eigenvalue weighted by atomic mass is 9.81. The van der Waals surface area contributed by atoms with Crippen molar-refractivity contribution < 1.29 is 4.79 Å². The van der Waals surface area contributed by atoms with Crippen LogP contribution < -0.4 is 10.9 Å². The molecule has 30 heavy (non-hydrogen) atoms. The first kappa shape index (κ1) is 20.3. The van der Waals surface area contributed by atoms with Crippen molar-refractivity contribution in [3.8, 4) is 11.8 Å². The number of fused-ring (bicyclic) bond motifs is 1. The Morgan fingerprint density at radius 2 is 1.93 bits per heavy atom. The first-order valence-corrected chi connectivity index (χ1v) is 10.1. The SMILES string of the molecule is CC#CC(=O)N1CC(Nc2ccc3ccn(C)c(=O)c3c2)(c2cccc(Cl)c2Cl)C1. The number of halogens is 2. The van der Waals surface area contributed by atoms with Gasteiger partial charge in [-0.3, -0.25) is 9.59 Å². The Morgan fingerprint density at radius 1 is 1.17 bits per heavy atom. The van der Waals surface area contributed by atoms with Crippen molar-refractivity contribution in [2.75, 3.05) is 18.4 Å². The lowest BCUT2D eigenvalue weighted by Gasteiger charge is -2.51. The molecule has 0 atom stereocenters. The predicted octanol–water partition coefficient (Wildman–Crippen LogP) is 4.02. The van der Waals surface area contributed by atoms with E-state index in [1.807, 2.05) is 36.4 Å². The zero-order valence-corrected chi connectivity index (χ0v) is 18.0. The highest BCUT2D eigenvalue weighted by Gasteiger charge is 2.47. The van der Waals surface area contributed by atoms with Crippen LogP contribution >= 0.6 is 23.2 Å². The maximum atomic E-state index is 12.5. The zero-order chi connectivity index (χ0) is 21.5. The van der Waals surface area contributed by atoms with E-state index in [1.165, 1.54) is 0 Å². The third-order valence-electron chi connectivity index (χ3n) is 5.37. The predicted molar refractivity (Wildman–Crippen MR) is 121 cm³/mol. The van der Waals surface area contributed by atoms with Crippen molar-refractivity contribution in [3.63, 3.8) is 0 Å². The first-order chi connectivity index (χ1) is 14.3. The molecule has 0 spiro atoms. The van der Waals surface area contributed by atoms with Crippen molar-refractivity contribution in [2.24, 2.45) is 7.05 Å². The average Bonchev–Trinajstić information content (AvgIpc) is 2.70. The number of carbonyl (C=O) groups excluding carboxylic acids is 1. The van der Waals surface area contributed by atoms with Crippen LogP contribution in [0.2, 0.25) is 10.0 Å². The molecule has 2 aromatic carbocycles. The molecule has 1 saturated heterocycles. The van der Waals surface area contributed by atoms with E-state index in [9.17, 15) is 9.59 Å². The molecule has 5 nitrogen and oxygen atoms in total. The van der Waals surface area contributed by atoms with E-state index in [-0.39, 0.29) is 11.5 Å². The molecule has 152 valence electrons. The Hall–Kier alpha value is -2.94. The molecular formula is C23H19Cl2N3O2. The fourth-order valence-corrected chi connectivity index (χ4v) is 4.30. The van der Waals surface area contributed by atoms with E-state index in [0.717, 1.165) is 16.6 Å². The Kier molecular flexibility index (Phi) is 5.23. The minimum absolute atomic E-state index is 0.0744. The van der Waals surface area contributed by atoms with Crippen LogP contribution in [-0.2, 0) is 17.4 Å². The molecule has 1 fully saturated rings. The summed E-state index contributed by atoms with van der Waals surface area (Å²) in [6.07, 6.45) is 1.75. The summed E-state index contributed by atoms with van der Waals surface area (Å²) < 4.78 is 1.54. The molecule has 0 aliphatic carbocycles. The third kappa shape index (κ3) is 3.43. The number of anilines is 1. The molecule has 0 saturated carbocycles. The van der Waals surface area contributed by atoms with Crippen LogP contribution in [-0.4, -0.2) is 28.5 Å². The van der Waals surface area contributed by atoms with Crippen LogP contribution in [0, 0.1) is 11.8 Å². The first-order valence-electron chi connectivity index (χ1n) is 9.38. The maximum absolute atomic E-state index is 12.5. The van der Waals surface area contributed by atoms with Crippen molar-refractivity contribution in [2.45, 2.75) is 12.5 Å². The van der Waals surface area contributed by atoms with Crippen LogP contribution in [0.4, 0.5) is 5.69 Å². The number of pyridine rings is 1. The summed E-state index contributed by atoms with van der Waals surface area (Å²) in [7, 11) is 1.72. The monoisotopic (exact) mass is 439 g/mol. The molecule has 7 heteroatoms. The van der Waals surface area contributed by atoms with Gasteiger partial charge in [0.05, 0.1) is 28.7 Å². The Bertz CT molecular complexity index is 1280. The number of aromatic nitrogens is 1. The van der Waals surface area contributed by atoms with Gasteiger partial charge in [0, 0.05) is 29.9 Å². The quantitative estimate of drug-likeness (QED) is 0.627. The number of likely N-dealkylation sites (tertiary alicyclic amines) is 1. The average molecular weight is 440 g/mol. The molecule has 0 radical (unpaired) electrons. The van der Waals surface area contributed by atoms with Crippen molar-refractivity contribution in [3.05, 3.63) is 74.6 Å². The number of nitrogens with one attached hydrogen (secondary N) is 1. The Labute approximate surface area is 184 Å². The van der Waals surface area contributed by atoms with Crippen molar-refractivity contribution in [1.29, 1.82) is 0 Å². The van der Waals surface area contributed by atoms with Crippen molar-refractivity contribution >= 4 is 45.6 Å². The minimum Gasteiger partial charge on any atom is -0.372 e. The molecule has 0 unspecified atom stereocenters. The second-order valence-corrected chi connectivity index (χ2v) is 8.16. The number of hydrogen-bond donors (Lipinski definition) is 1. The smallest absolute Gasteiger partial charge is 0.298 e. The molecule has 1 aliphatic rings. The number of hydrogen-bond acceptors (Lipinski definition) is 3. The van der Waals surface area contributed by atoms with Crippen LogP contribution in [0.25, 0.3) is 10.8 Å². The summed E-state index contributed by atoms with van der Waals surface area (Å²) in [5, 5.41) is 5.87. The van der Waals surface area contributed by atoms with Gasteiger partial charge in [0.15, 0.2) is 0 Å². The number of aryl methyl sites for hydroxylation is 1. The van der Waals surface area contributed by atoms with Crippen LogP contribution in [0.1, 0.15) is 12.5 Å². The van der Waals surface area contributed by atoms with Crippen LogP contribution in [0.3, 0.4) is 0 Å². The highest BCUT2D eigenvalue weighted by molar-refractivity contribution is 6.42. The van der Waals surface area contributed by atoms with Gasteiger partial charge in [-0.05, 0) is 42.5 Å². The van der Waals surface area contributed by atoms with Crippen LogP contribution in [0.15, 0.2) is 53.5 Å². The summed E-state index contributed by atoms with van der Waals surface area (Å²) in [6.45, 7) is 2.39. The van der Waals surface area contributed by atoms with Gasteiger partial charge in [0.25, 0.3) is 11.5 Å².